The first-order valence-electron chi connectivity index (χ1n) is 13.9. The average molecular weight is 652 g/mol. The topological polar surface area (TPSA) is 132 Å². The number of benzene rings is 2. The fraction of sp³-hybridized carbons (Fsp3) is 0.448. The van der Waals surface area contributed by atoms with Crippen LogP contribution in [0.25, 0.3) is 0 Å². The molecule has 3 aromatic rings. The zero-order chi connectivity index (χ0) is 32.0. The molecule has 0 bridgehead atoms. The summed E-state index contributed by atoms with van der Waals surface area (Å²) in [7, 11) is -7.66. The molecule has 1 N–H and O–H groups in total. The van der Waals surface area contributed by atoms with Gasteiger partial charge in [0.25, 0.3) is 10.0 Å². The van der Waals surface area contributed by atoms with Gasteiger partial charge in [-0.05, 0) is 64.4 Å². The highest BCUT2D eigenvalue weighted by molar-refractivity contribution is 8.02. The number of sulfonamides is 1. The lowest BCUT2D eigenvalue weighted by atomic mass is 9.92. The highest BCUT2D eigenvalue weighted by atomic mass is 32.3. The SMILES string of the molecule is Cc1ccc(S(=O)(=O)N=S(C)(=O)n2cc3c(n2)CN([C@H]2CO[C@H](c4cc(F)ccc4F)[C@@H](NC(=O)OC(C)(C)C)C2)C3)cc1. The highest BCUT2D eigenvalue weighted by Crippen LogP contribution is 2.35. The number of alkyl carbamates (subject to hydrolysis) is 1. The number of carbonyl (C=O) groups excluding carboxylic acids is 1. The maximum atomic E-state index is 14.7. The van der Waals surface area contributed by atoms with Gasteiger partial charge in [-0.25, -0.2) is 17.8 Å². The van der Waals surface area contributed by atoms with Crippen LogP contribution in [0.4, 0.5) is 13.6 Å². The number of amides is 1. The molecule has 11 nitrogen and oxygen atoms in total. The summed E-state index contributed by atoms with van der Waals surface area (Å²) in [4.78, 5) is 14.7. The molecule has 0 aliphatic carbocycles. The number of halogens is 2. The van der Waals surface area contributed by atoms with Gasteiger partial charge in [-0.1, -0.05) is 21.5 Å². The van der Waals surface area contributed by atoms with Crippen molar-refractivity contribution in [1.82, 2.24) is 19.4 Å². The zero-order valence-electron chi connectivity index (χ0n) is 25.0. The summed E-state index contributed by atoms with van der Waals surface area (Å²) in [6, 6.07) is 8.20. The first-order chi connectivity index (χ1) is 20.5. The molecule has 3 heterocycles. The van der Waals surface area contributed by atoms with Gasteiger partial charge in [0.05, 0.1) is 23.2 Å². The number of carbonyl (C=O) groups is 1. The third-order valence-electron chi connectivity index (χ3n) is 7.33. The molecular formula is C29H35F2N5O6S2. The van der Waals surface area contributed by atoms with E-state index in [1.165, 1.54) is 24.6 Å². The molecule has 2 aliphatic heterocycles. The van der Waals surface area contributed by atoms with Crippen LogP contribution in [0, 0.1) is 18.6 Å². The van der Waals surface area contributed by atoms with Crippen molar-refractivity contribution in [1.29, 1.82) is 0 Å². The summed E-state index contributed by atoms with van der Waals surface area (Å²) in [5, 5.41) is 7.19. The highest BCUT2D eigenvalue weighted by Gasteiger charge is 2.40. The predicted molar refractivity (Wildman–Crippen MR) is 158 cm³/mol. The number of nitrogens with one attached hydrogen (secondary N) is 1. The minimum absolute atomic E-state index is 0.00688. The number of ether oxygens (including phenoxy) is 2. The molecule has 0 spiro atoms. The molecule has 2 aliphatic rings. The van der Waals surface area contributed by atoms with Crippen LogP contribution in [-0.4, -0.2) is 63.4 Å². The van der Waals surface area contributed by atoms with Gasteiger partial charge < -0.3 is 14.8 Å². The second-order valence-electron chi connectivity index (χ2n) is 12.1. The van der Waals surface area contributed by atoms with E-state index in [2.05, 4.69) is 14.2 Å². The number of aromatic nitrogens is 2. The van der Waals surface area contributed by atoms with Crippen LogP contribution < -0.4 is 5.32 Å². The quantitative estimate of drug-likeness (QED) is 0.414. The summed E-state index contributed by atoms with van der Waals surface area (Å²) in [6.07, 6.45) is 1.41. The van der Waals surface area contributed by atoms with Gasteiger partial charge in [0.1, 0.15) is 23.3 Å². The molecule has 4 atom stereocenters. The van der Waals surface area contributed by atoms with E-state index < -0.39 is 55.4 Å². The van der Waals surface area contributed by atoms with E-state index >= 15 is 0 Å². The average Bonchev–Trinajstić information content (AvgIpc) is 3.49. The van der Waals surface area contributed by atoms with Crippen molar-refractivity contribution in [3.05, 3.63) is 82.7 Å². The Balaban J connectivity index is 1.33. The Labute approximate surface area is 255 Å². The van der Waals surface area contributed by atoms with Gasteiger partial charge in [-0.15, -0.1) is 0 Å². The lowest BCUT2D eigenvalue weighted by Crippen LogP contribution is -2.52. The van der Waals surface area contributed by atoms with Crippen LogP contribution in [0.5, 0.6) is 0 Å². The maximum absolute atomic E-state index is 14.7. The van der Waals surface area contributed by atoms with Gasteiger partial charge >= 0.3 is 6.09 Å². The van der Waals surface area contributed by atoms with E-state index in [9.17, 15) is 26.2 Å². The van der Waals surface area contributed by atoms with Crippen LogP contribution in [0.3, 0.4) is 0 Å². The maximum Gasteiger partial charge on any atom is 0.407 e. The number of nitrogens with zero attached hydrogens (tertiary/aromatic N) is 4. The van der Waals surface area contributed by atoms with E-state index in [1.54, 1.807) is 32.9 Å². The Morgan fingerprint density at radius 3 is 2.48 bits per heavy atom. The number of rotatable bonds is 6. The third-order valence-corrected chi connectivity index (χ3v) is 11.0. The van der Waals surface area contributed by atoms with E-state index in [0.717, 1.165) is 33.4 Å². The zero-order valence-corrected chi connectivity index (χ0v) is 26.6. The van der Waals surface area contributed by atoms with Crippen molar-refractivity contribution in [2.24, 2.45) is 3.77 Å². The summed E-state index contributed by atoms with van der Waals surface area (Å²) >= 11 is 0. The smallest absolute Gasteiger partial charge is 0.407 e. The summed E-state index contributed by atoms with van der Waals surface area (Å²) < 4.78 is 84.1. The molecule has 0 radical (unpaired) electrons. The van der Waals surface area contributed by atoms with Crippen LogP contribution in [-0.2, 0) is 42.5 Å². The second-order valence-corrected chi connectivity index (χ2v) is 16.0. The molecule has 0 saturated carbocycles. The van der Waals surface area contributed by atoms with Crippen molar-refractivity contribution >= 4 is 26.0 Å². The lowest BCUT2D eigenvalue weighted by Gasteiger charge is -2.40. The Bertz CT molecular complexity index is 1770. The van der Waals surface area contributed by atoms with Crippen LogP contribution in [0.1, 0.15) is 55.7 Å². The second kappa shape index (κ2) is 11.8. The Kier molecular flexibility index (Phi) is 8.61. The molecule has 1 amide bonds. The first-order valence-corrected chi connectivity index (χ1v) is 17.3. The molecule has 44 heavy (non-hydrogen) atoms. The molecule has 1 fully saturated rings. The monoisotopic (exact) mass is 651 g/mol. The van der Waals surface area contributed by atoms with Gasteiger partial charge in [0.15, 0.2) is 9.92 Å². The number of hydrogen-bond donors (Lipinski definition) is 1. The van der Waals surface area contributed by atoms with E-state index in [0.29, 0.717) is 25.2 Å². The van der Waals surface area contributed by atoms with E-state index in [1.807, 2.05) is 11.8 Å². The third kappa shape index (κ3) is 7.11. The van der Waals surface area contributed by atoms with Crippen molar-refractivity contribution in [3.63, 3.8) is 0 Å². The standard InChI is InChI=1S/C29H35F2N5O6S2/c1-18-6-9-22(10-7-18)44(39,40)34-43(5,38)36-15-19-14-35(16-26(19)33-36)21-13-25(32-28(37)42-29(2,3)4)27(41-17-21)23-12-20(30)8-11-24(23)31/h6-12,15,21,25,27H,13-14,16-17H2,1-5H3,(H,32,37)/t21-,25+,27-,43?/m1/s1. The van der Waals surface area contributed by atoms with Crippen molar-refractivity contribution < 1.29 is 35.7 Å². The lowest BCUT2D eigenvalue weighted by molar-refractivity contribution is -0.0629. The van der Waals surface area contributed by atoms with Crippen LogP contribution in [0.2, 0.25) is 0 Å². The number of aryl methyl sites for hydroxylation is 1. The fourth-order valence-electron chi connectivity index (χ4n) is 5.26. The normalized spacial score (nSPS) is 22.2. The molecule has 5 rings (SSSR count). The largest absolute Gasteiger partial charge is 0.444 e. The van der Waals surface area contributed by atoms with Crippen LogP contribution >= 0.6 is 0 Å². The summed E-state index contributed by atoms with van der Waals surface area (Å²) in [5.41, 5.74) is 1.43. The minimum Gasteiger partial charge on any atom is -0.444 e. The molecule has 1 aromatic heterocycles. The van der Waals surface area contributed by atoms with Gasteiger partial charge in [0.2, 0.25) is 0 Å². The molecule has 1 unspecified atom stereocenters. The van der Waals surface area contributed by atoms with Crippen molar-refractivity contribution in [2.45, 2.75) is 75.9 Å². The Morgan fingerprint density at radius 1 is 1.11 bits per heavy atom. The Morgan fingerprint density at radius 2 is 1.82 bits per heavy atom. The molecule has 1 saturated heterocycles. The molecule has 2 aromatic carbocycles. The number of hydrogen-bond acceptors (Lipinski definition) is 8. The Hall–Kier alpha value is -3.40. The van der Waals surface area contributed by atoms with E-state index in [4.69, 9.17) is 9.47 Å². The van der Waals surface area contributed by atoms with Crippen molar-refractivity contribution in [3.8, 4) is 0 Å². The predicted octanol–water partition coefficient (Wildman–Crippen LogP) is 4.46. The van der Waals surface area contributed by atoms with E-state index in [-0.39, 0.29) is 23.1 Å². The summed E-state index contributed by atoms with van der Waals surface area (Å²) in [6.45, 7) is 7.85. The first kappa shape index (κ1) is 32.0. The van der Waals surface area contributed by atoms with Gasteiger partial charge in [0, 0.05) is 42.7 Å². The van der Waals surface area contributed by atoms with Crippen LogP contribution in [0.15, 0.2) is 57.3 Å². The van der Waals surface area contributed by atoms with Gasteiger partial charge in [-0.3, -0.25) is 4.90 Å². The minimum atomic E-state index is -4.20. The number of fused-ring (bicyclic) bond motifs is 1. The molecular weight excluding hydrogens is 616 g/mol. The van der Waals surface area contributed by atoms with Gasteiger partial charge in [-0.2, -0.15) is 17.6 Å². The fourth-order valence-corrected chi connectivity index (χ4v) is 8.38. The molecule has 238 valence electrons. The summed E-state index contributed by atoms with van der Waals surface area (Å²) in [5.74, 6) is -1.28. The molecule has 15 heteroatoms. The van der Waals surface area contributed by atoms with Crippen molar-refractivity contribution in [2.75, 3.05) is 12.9 Å².